The van der Waals surface area contributed by atoms with E-state index in [1.54, 1.807) is 0 Å². The first-order chi connectivity index (χ1) is 25.2. The summed E-state index contributed by atoms with van der Waals surface area (Å²) in [6.07, 6.45) is 0. The van der Waals surface area contributed by atoms with Crippen LogP contribution in [-0.4, -0.2) is 19.5 Å². The van der Waals surface area contributed by atoms with Gasteiger partial charge in [0, 0.05) is 60.8 Å². The molecule has 0 fully saturated rings. The lowest BCUT2D eigenvalue weighted by molar-refractivity contribution is 0.668. The zero-order chi connectivity index (χ0) is 33.5. The number of nitrogens with zero attached hydrogens (tertiary/aromatic N) is 4. The number of hydrogen-bond donors (Lipinski definition) is 0. The number of furan rings is 2. The van der Waals surface area contributed by atoms with Gasteiger partial charge in [-0.3, -0.25) is 0 Å². The molecular formula is C45H26N4O2. The van der Waals surface area contributed by atoms with Crippen LogP contribution in [0.5, 0.6) is 0 Å². The van der Waals surface area contributed by atoms with Crippen LogP contribution in [0.25, 0.3) is 106 Å². The highest BCUT2D eigenvalue weighted by molar-refractivity contribution is 6.17. The number of rotatable bonds is 4. The standard InChI is InChI=1S/C45H26N4O2/c1-3-11-27(12-4-1)43-46-44(48-45(47-43)29-19-21-33-32-16-8-10-18-39(32)50-41(33)24-29)28-20-22-40-35(23-28)36-25-34-31-15-7-9-17-37(31)49(30-13-5-2-6-14-30)38(34)26-42(36)51-40/h1-26H. The molecule has 51 heavy (non-hydrogen) atoms. The molecule has 7 aromatic carbocycles. The smallest absolute Gasteiger partial charge is 0.164 e. The molecular weight excluding hydrogens is 629 g/mol. The largest absolute Gasteiger partial charge is 0.456 e. The third-order valence-electron chi connectivity index (χ3n) is 9.84. The van der Waals surface area contributed by atoms with E-state index in [0.717, 1.165) is 77.3 Å². The first kappa shape index (κ1) is 27.9. The minimum atomic E-state index is 0.578. The minimum absolute atomic E-state index is 0.578. The van der Waals surface area contributed by atoms with E-state index in [-0.39, 0.29) is 0 Å². The van der Waals surface area contributed by atoms with Crippen molar-refractivity contribution >= 4 is 65.7 Å². The first-order valence-electron chi connectivity index (χ1n) is 16.9. The van der Waals surface area contributed by atoms with Crippen molar-refractivity contribution in [2.24, 2.45) is 0 Å². The van der Waals surface area contributed by atoms with E-state index in [9.17, 15) is 0 Å². The average Bonchev–Trinajstić information content (AvgIpc) is 3.86. The summed E-state index contributed by atoms with van der Waals surface area (Å²) in [5, 5.41) is 6.56. The summed E-state index contributed by atoms with van der Waals surface area (Å²) >= 11 is 0. The van der Waals surface area contributed by atoms with Gasteiger partial charge in [0.05, 0.1) is 11.0 Å². The van der Waals surface area contributed by atoms with Gasteiger partial charge in [-0.25, -0.2) is 15.0 Å². The molecule has 0 aliphatic carbocycles. The Balaban J connectivity index is 1.11. The van der Waals surface area contributed by atoms with Gasteiger partial charge in [0.2, 0.25) is 0 Å². The molecule has 11 rings (SSSR count). The molecule has 238 valence electrons. The summed E-state index contributed by atoms with van der Waals surface area (Å²) in [7, 11) is 0. The summed E-state index contributed by atoms with van der Waals surface area (Å²) in [6, 6.07) is 53.9. The lowest BCUT2D eigenvalue weighted by Gasteiger charge is -2.08. The van der Waals surface area contributed by atoms with Crippen LogP contribution < -0.4 is 0 Å². The van der Waals surface area contributed by atoms with Crippen molar-refractivity contribution < 1.29 is 8.83 Å². The Bertz CT molecular complexity index is 3140. The molecule has 0 saturated carbocycles. The highest BCUT2D eigenvalue weighted by Crippen LogP contribution is 2.39. The first-order valence-corrected chi connectivity index (χ1v) is 16.9. The number of benzene rings is 7. The van der Waals surface area contributed by atoms with E-state index in [0.29, 0.717) is 17.5 Å². The molecule has 0 spiro atoms. The van der Waals surface area contributed by atoms with Gasteiger partial charge in [0.15, 0.2) is 17.5 Å². The number of hydrogen-bond acceptors (Lipinski definition) is 5. The molecule has 4 heterocycles. The Morgan fingerprint density at radius 2 is 0.902 bits per heavy atom. The predicted molar refractivity (Wildman–Crippen MR) is 205 cm³/mol. The Kier molecular flexibility index (Phi) is 5.86. The number of para-hydroxylation sites is 3. The van der Waals surface area contributed by atoms with Crippen LogP contribution in [0.4, 0.5) is 0 Å². The lowest BCUT2D eigenvalue weighted by atomic mass is 10.1. The normalized spacial score (nSPS) is 11.9. The molecule has 0 atom stereocenters. The summed E-state index contributed by atoms with van der Waals surface area (Å²) < 4.78 is 15.0. The maximum Gasteiger partial charge on any atom is 0.164 e. The van der Waals surface area contributed by atoms with E-state index in [1.807, 2.05) is 72.8 Å². The second-order valence-corrected chi connectivity index (χ2v) is 12.8. The van der Waals surface area contributed by atoms with Gasteiger partial charge in [0.25, 0.3) is 0 Å². The summed E-state index contributed by atoms with van der Waals surface area (Å²) in [5.41, 5.74) is 9.31. The van der Waals surface area contributed by atoms with E-state index in [2.05, 4.69) is 89.5 Å². The monoisotopic (exact) mass is 654 g/mol. The number of fused-ring (bicyclic) bond motifs is 9. The van der Waals surface area contributed by atoms with Gasteiger partial charge >= 0.3 is 0 Å². The van der Waals surface area contributed by atoms with E-state index in [1.165, 1.54) is 10.8 Å². The average molecular weight is 655 g/mol. The van der Waals surface area contributed by atoms with Crippen LogP contribution in [0.15, 0.2) is 167 Å². The fourth-order valence-electron chi connectivity index (χ4n) is 7.45. The highest BCUT2D eigenvalue weighted by atomic mass is 16.3. The highest BCUT2D eigenvalue weighted by Gasteiger charge is 2.19. The molecule has 4 aromatic heterocycles. The Labute approximate surface area is 290 Å². The maximum absolute atomic E-state index is 6.51. The molecule has 0 unspecified atom stereocenters. The molecule has 0 N–H and O–H groups in total. The topological polar surface area (TPSA) is 69.9 Å². The predicted octanol–water partition coefficient (Wildman–Crippen LogP) is 11.8. The Morgan fingerprint density at radius 1 is 0.333 bits per heavy atom. The SMILES string of the molecule is c1ccc(-c2nc(-c3ccc4c(c3)oc3ccccc34)nc(-c3ccc4oc5cc6c(cc5c4c3)c3ccccc3n6-c3ccccc3)n2)cc1. The van der Waals surface area contributed by atoms with Crippen LogP contribution in [-0.2, 0) is 0 Å². The fourth-order valence-corrected chi connectivity index (χ4v) is 7.45. The molecule has 0 radical (unpaired) electrons. The molecule has 11 aromatic rings. The summed E-state index contributed by atoms with van der Waals surface area (Å²) in [6.45, 7) is 0. The Morgan fingerprint density at radius 3 is 1.71 bits per heavy atom. The Hall–Kier alpha value is -7.05. The molecule has 0 saturated heterocycles. The van der Waals surface area contributed by atoms with Crippen molar-refractivity contribution in [1.29, 1.82) is 0 Å². The maximum atomic E-state index is 6.51. The molecule has 6 heteroatoms. The second kappa shape index (κ2) is 10.7. The van der Waals surface area contributed by atoms with Gasteiger partial charge < -0.3 is 13.4 Å². The van der Waals surface area contributed by atoms with Gasteiger partial charge in [-0.2, -0.15) is 0 Å². The van der Waals surface area contributed by atoms with Crippen molar-refractivity contribution in [2.75, 3.05) is 0 Å². The van der Waals surface area contributed by atoms with Gasteiger partial charge in [-0.1, -0.05) is 91.0 Å². The lowest BCUT2D eigenvalue weighted by Crippen LogP contribution is -2.00. The van der Waals surface area contributed by atoms with Crippen molar-refractivity contribution in [3.63, 3.8) is 0 Å². The van der Waals surface area contributed by atoms with E-state index < -0.39 is 0 Å². The minimum Gasteiger partial charge on any atom is -0.456 e. The van der Waals surface area contributed by atoms with Crippen LogP contribution in [0.3, 0.4) is 0 Å². The van der Waals surface area contributed by atoms with Crippen molar-refractivity contribution in [2.45, 2.75) is 0 Å². The van der Waals surface area contributed by atoms with E-state index in [4.69, 9.17) is 23.8 Å². The third-order valence-corrected chi connectivity index (χ3v) is 9.84. The summed E-state index contributed by atoms with van der Waals surface area (Å²) in [4.78, 5) is 15.0. The van der Waals surface area contributed by atoms with Gasteiger partial charge in [0.1, 0.15) is 22.3 Å². The molecule has 0 aliphatic rings. The third kappa shape index (κ3) is 4.33. The number of aromatic nitrogens is 4. The summed E-state index contributed by atoms with van der Waals surface area (Å²) in [5.74, 6) is 1.77. The van der Waals surface area contributed by atoms with Crippen molar-refractivity contribution in [3.8, 4) is 39.9 Å². The second-order valence-electron chi connectivity index (χ2n) is 12.8. The van der Waals surface area contributed by atoms with Gasteiger partial charge in [-0.05, 0) is 60.7 Å². The van der Waals surface area contributed by atoms with Crippen LogP contribution in [0, 0.1) is 0 Å². The molecule has 0 aliphatic heterocycles. The van der Waals surface area contributed by atoms with Crippen LogP contribution >= 0.6 is 0 Å². The zero-order valence-corrected chi connectivity index (χ0v) is 27.1. The van der Waals surface area contributed by atoms with Crippen LogP contribution in [0.2, 0.25) is 0 Å². The van der Waals surface area contributed by atoms with Crippen molar-refractivity contribution in [1.82, 2.24) is 19.5 Å². The molecule has 0 bridgehead atoms. The van der Waals surface area contributed by atoms with Gasteiger partial charge in [-0.15, -0.1) is 0 Å². The molecule has 0 amide bonds. The van der Waals surface area contributed by atoms with Crippen molar-refractivity contribution in [3.05, 3.63) is 158 Å². The molecule has 6 nitrogen and oxygen atoms in total. The zero-order valence-electron chi connectivity index (χ0n) is 27.1. The quantitative estimate of drug-likeness (QED) is 0.189. The fraction of sp³-hybridized carbons (Fsp3) is 0. The van der Waals surface area contributed by atoms with E-state index >= 15 is 0 Å². The van der Waals surface area contributed by atoms with Crippen LogP contribution in [0.1, 0.15) is 0 Å².